The number of benzene rings is 1. The van der Waals surface area contributed by atoms with Gasteiger partial charge in [0.2, 0.25) is 0 Å². The zero-order chi connectivity index (χ0) is 9.14. The summed E-state index contributed by atoms with van der Waals surface area (Å²) in [5.74, 6) is 0.531. The van der Waals surface area contributed by atoms with Crippen molar-refractivity contribution in [3.63, 3.8) is 0 Å². The summed E-state index contributed by atoms with van der Waals surface area (Å²) in [5.41, 5.74) is 0. The molecule has 12 heavy (non-hydrogen) atoms. The van der Waals surface area contributed by atoms with E-state index >= 15 is 0 Å². The van der Waals surface area contributed by atoms with E-state index in [0.717, 1.165) is 0 Å². The van der Waals surface area contributed by atoms with Crippen LogP contribution in [-0.4, -0.2) is 9.96 Å². The van der Waals surface area contributed by atoms with Crippen LogP contribution in [0.4, 0.5) is 0 Å². The van der Waals surface area contributed by atoms with Gasteiger partial charge in [0.05, 0.1) is 25.7 Å². The van der Waals surface area contributed by atoms with E-state index in [4.69, 9.17) is 23.2 Å². The average Bonchev–Trinajstić information content (AvgIpc) is 2.03. The van der Waals surface area contributed by atoms with Crippen LogP contribution >= 0.6 is 23.2 Å². The van der Waals surface area contributed by atoms with Crippen molar-refractivity contribution in [2.75, 3.05) is 5.75 Å². The Kier molecular flexibility index (Phi) is 3.56. The van der Waals surface area contributed by atoms with Crippen molar-refractivity contribution in [2.24, 2.45) is 0 Å². The Balaban J connectivity index is 3.21. The largest absolute Gasteiger partial charge is 0.254 e. The molecular weight excluding hydrogens is 215 g/mol. The molecule has 1 unspecified atom stereocenters. The fourth-order valence-electron chi connectivity index (χ4n) is 0.844. The van der Waals surface area contributed by atoms with Gasteiger partial charge in [-0.05, 0) is 12.1 Å². The molecule has 0 aliphatic rings. The lowest BCUT2D eigenvalue weighted by Gasteiger charge is -2.03. The SMILES string of the molecule is CCS(=O)c1c(Cl)cccc1Cl. The lowest BCUT2D eigenvalue weighted by molar-refractivity contribution is 0.684. The highest BCUT2D eigenvalue weighted by atomic mass is 35.5. The molecule has 0 fully saturated rings. The summed E-state index contributed by atoms with van der Waals surface area (Å²) < 4.78 is 11.4. The van der Waals surface area contributed by atoms with Gasteiger partial charge in [-0.25, -0.2) is 0 Å². The summed E-state index contributed by atoms with van der Waals surface area (Å²) in [4.78, 5) is 0.545. The summed E-state index contributed by atoms with van der Waals surface area (Å²) in [5, 5.41) is 0.949. The second-order valence-corrected chi connectivity index (χ2v) is 4.68. The summed E-state index contributed by atoms with van der Waals surface area (Å²) in [6.07, 6.45) is 0. The molecule has 0 saturated heterocycles. The van der Waals surface area contributed by atoms with Gasteiger partial charge in [0, 0.05) is 5.75 Å². The van der Waals surface area contributed by atoms with Gasteiger partial charge >= 0.3 is 0 Å². The van der Waals surface area contributed by atoms with E-state index in [1.165, 1.54) is 0 Å². The maximum atomic E-state index is 11.4. The van der Waals surface area contributed by atoms with Crippen LogP contribution in [0.2, 0.25) is 10.0 Å². The summed E-state index contributed by atoms with van der Waals surface area (Å²) in [7, 11) is -1.08. The highest BCUT2D eigenvalue weighted by Gasteiger charge is 2.10. The lowest BCUT2D eigenvalue weighted by Crippen LogP contribution is -1.95. The van der Waals surface area contributed by atoms with Crippen LogP contribution in [0.5, 0.6) is 0 Å². The molecule has 0 aliphatic carbocycles. The molecule has 66 valence electrons. The van der Waals surface area contributed by atoms with Crippen molar-refractivity contribution in [1.29, 1.82) is 0 Å². The first-order chi connectivity index (χ1) is 5.66. The molecule has 0 N–H and O–H groups in total. The van der Waals surface area contributed by atoms with Crippen molar-refractivity contribution in [1.82, 2.24) is 0 Å². The monoisotopic (exact) mass is 222 g/mol. The molecule has 1 aromatic carbocycles. The zero-order valence-electron chi connectivity index (χ0n) is 6.51. The van der Waals surface area contributed by atoms with Gasteiger partial charge in [-0.3, -0.25) is 4.21 Å². The second-order valence-electron chi connectivity index (χ2n) is 2.18. The Morgan fingerprint density at radius 2 is 1.83 bits per heavy atom. The molecule has 1 aromatic rings. The van der Waals surface area contributed by atoms with Crippen LogP contribution in [-0.2, 0) is 10.8 Å². The fraction of sp³-hybridized carbons (Fsp3) is 0.250. The smallest absolute Gasteiger partial charge is 0.0760 e. The van der Waals surface area contributed by atoms with Gasteiger partial charge in [-0.1, -0.05) is 36.2 Å². The normalized spacial score (nSPS) is 12.9. The fourth-order valence-corrected chi connectivity index (χ4v) is 2.62. The maximum Gasteiger partial charge on any atom is 0.0760 e. The van der Waals surface area contributed by atoms with E-state index in [-0.39, 0.29) is 0 Å². The molecule has 1 nitrogen and oxygen atoms in total. The van der Waals surface area contributed by atoms with Gasteiger partial charge in [0.1, 0.15) is 0 Å². The first-order valence-corrected chi connectivity index (χ1v) is 5.56. The van der Waals surface area contributed by atoms with E-state index in [9.17, 15) is 4.21 Å². The van der Waals surface area contributed by atoms with E-state index in [0.29, 0.717) is 20.7 Å². The van der Waals surface area contributed by atoms with Crippen LogP contribution < -0.4 is 0 Å². The van der Waals surface area contributed by atoms with Gasteiger partial charge in [0.15, 0.2) is 0 Å². The topological polar surface area (TPSA) is 17.1 Å². The predicted molar refractivity (Wildman–Crippen MR) is 53.4 cm³/mol. The van der Waals surface area contributed by atoms with E-state index in [1.807, 2.05) is 6.92 Å². The van der Waals surface area contributed by atoms with E-state index in [1.54, 1.807) is 18.2 Å². The summed E-state index contributed by atoms with van der Waals surface area (Å²) in [6.45, 7) is 1.83. The molecule has 1 atom stereocenters. The molecule has 0 heterocycles. The third-order valence-corrected chi connectivity index (χ3v) is 3.68. The zero-order valence-corrected chi connectivity index (χ0v) is 8.84. The van der Waals surface area contributed by atoms with Crippen molar-refractivity contribution in [2.45, 2.75) is 11.8 Å². The van der Waals surface area contributed by atoms with Crippen molar-refractivity contribution < 1.29 is 4.21 Å². The quantitative estimate of drug-likeness (QED) is 0.752. The molecule has 4 heteroatoms. The van der Waals surface area contributed by atoms with Gasteiger partial charge in [-0.15, -0.1) is 0 Å². The van der Waals surface area contributed by atoms with Crippen LogP contribution in [0.15, 0.2) is 23.1 Å². The van der Waals surface area contributed by atoms with Gasteiger partial charge in [0.25, 0.3) is 0 Å². The summed E-state index contributed by atoms with van der Waals surface area (Å²) in [6, 6.07) is 5.12. The van der Waals surface area contributed by atoms with E-state index in [2.05, 4.69) is 0 Å². The average molecular weight is 223 g/mol. The minimum absolute atomic E-state index is 0.475. The third kappa shape index (κ3) is 2.00. The Hall–Kier alpha value is -0.0500. The minimum Gasteiger partial charge on any atom is -0.254 e. The number of halogens is 2. The molecule has 0 aromatic heterocycles. The molecule has 1 rings (SSSR count). The first kappa shape index (κ1) is 10.0. The van der Waals surface area contributed by atoms with Gasteiger partial charge in [-0.2, -0.15) is 0 Å². The Bertz CT molecular complexity index is 292. The van der Waals surface area contributed by atoms with Crippen LogP contribution in [0.25, 0.3) is 0 Å². The number of hydrogen-bond donors (Lipinski definition) is 0. The number of rotatable bonds is 2. The van der Waals surface area contributed by atoms with Crippen LogP contribution in [0.3, 0.4) is 0 Å². The Morgan fingerprint density at radius 3 is 2.25 bits per heavy atom. The predicted octanol–water partition coefficient (Wildman–Crippen LogP) is 3.12. The van der Waals surface area contributed by atoms with Crippen LogP contribution in [0, 0.1) is 0 Å². The molecule has 0 bridgehead atoms. The highest BCUT2D eigenvalue weighted by molar-refractivity contribution is 7.85. The maximum absolute atomic E-state index is 11.4. The minimum atomic E-state index is -1.08. The molecule has 0 aliphatic heterocycles. The third-order valence-electron chi connectivity index (χ3n) is 1.41. The standard InChI is InChI=1S/C8H8Cl2OS/c1-2-12(11)8-6(9)4-3-5-7(8)10/h3-5H,2H2,1H3. The van der Waals surface area contributed by atoms with E-state index < -0.39 is 10.8 Å². The van der Waals surface area contributed by atoms with Crippen molar-refractivity contribution in [3.05, 3.63) is 28.2 Å². The second kappa shape index (κ2) is 4.26. The molecule has 0 amide bonds. The number of hydrogen-bond acceptors (Lipinski definition) is 1. The Labute approximate surface area is 84.1 Å². The summed E-state index contributed by atoms with van der Waals surface area (Å²) >= 11 is 11.7. The van der Waals surface area contributed by atoms with Crippen molar-refractivity contribution >= 4 is 34.0 Å². The molecular formula is C8H8Cl2OS. The van der Waals surface area contributed by atoms with Crippen molar-refractivity contribution in [3.8, 4) is 0 Å². The molecule has 0 saturated carbocycles. The van der Waals surface area contributed by atoms with Gasteiger partial charge < -0.3 is 0 Å². The first-order valence-electron chi connectivity index (χ1n) is 3.49. The lowest BCUT2D eigenvalue weighted by atomic mass is 10.4. The van der Waals surface area contributed by atoms with Crippen LogP contribution in [0.1, 0.15) is 6.92 Å². The molecule has 0 spiro atoms. The highest BCUT2D eigenvalue weighted by Crippen LogP contribution is 2.27. The molecule has 0 radical (unpaired) electrons. The Morgan fingerprint density at radius 1 is 1.33 bits per heavy atom.